The van der Waals surface area contributed by atoms with Gasteiger partial charge >= 0.3 is 0 Å². The molecule has 1 aromatic heterocycles. The molecule has 1 heterocycles. The molecule has 4 heteroatoms. The van der Waals surface area contributed by atoms with Gasteiger partial charge in [-0.05, 0) is 257 Å². The van der Waals surface area contributed by atoms with Gasteiger partial charge in [-0.3, -0.25) is 0 Å². The molecule has 0 N–H and O–H groups in total. The molecule has 0 unspecified atom stereocenters. The average Bonchev–Trinajstić information content (AvgIpc) is 1.34. The molecule has 2 aliphatic rings. The van der Waals surface area contributed by atoms with E-state index in [9.17, 15) is 0 Å². The number of para-hydroxylation sites is 4. The normalized spacial score (nSPS) is 12.6. The predicted octanol–water partition coefficient (Wildman–Crippen LogP) is 39.5. The number of nitrogens with zero attached hydrogens (tertiary/aromatic N) is 3. The Bertz CT molecular complexity index is 9540. The van der Waals surface area contributed by atoms with Crippen molar-refractivity contribution >= 4 is 159 Å². The van der Waals surface area contributed by atoms with Crippen molar-refractivity contribution in [2.75, 3.05) is 14.7 Å². The number of rotatable bonds is 14. The third-order valence-corrected chi connectivity index (χ3v) is 30.3. The van der Waals surface area contributed by atoms with Crippen LogP contribution >= 0.6 is 0 Å². The molecule has 0 spiro atoms. The average molecular weight is 1840 g/mol. The van der Waals surface area contributed by atoms with Crippen LogP contribution in [0.3, 0.4) is 0 Å². The van der Waals surface area contributed by atoms with Crippen molar-refractivity contribution in [3.05, 3.63) is 550 Å². The molecule has 4 nitrogen and oxygen atoms in total. The minimum atomic E-state index is -0.0755. The van der Waals surface area contributed by atoms with Gasteiger partial charge in [0, 0.05) is 88.6 Å². The lowest BCUT2D eigenvalue weighted by Crippen LogP contribution is -2.16. The van der Waals surface area contributed by atoms with Crippen LogP contribution in [0.25, 0.3) is 186 Å². The number of anilines is 9. The topological polar surface area (TPSA) is 22.9 Å². The van der Waals surface area contributed by atoms with Crippen molar-refractivity contribution in [2.45, 2.75) is 38.5 Å². The van der Waals surface area contributed by atoms with Crippen molar-refractivity contribution in [1.82, 2.24) is 0 Å². The Balaban J connectivity index is 0.000000111. The molecule has 680 valence electrons. The van der Waals surface area contributed by atoms with Crippen LogP contribution in [0.5, 0.6) is 0 Å². The Hall–Kier alpha value is -18.2. The zero-order valence-electron chi connectivity index (χ0n) is 80.5. The van der Waals surface area contributed by atoms with E-state index in [4.69, 9.17) is 4.42 Å². The number of hydrogen-bond donors (Lipinski definition) is 0. The summed E-state index contributed by atoms with van der Waals surface area (Å²) in [5.41, 5.74) is 34.8. The fraction of sp³-hybridized carbons (Fsp3) is 0.0429. The van der Waals surface area contributed by atoms with Crippen LogP contribution < -0.4 is 14.7 Å². The predicted molar refractivity (Wildman–Crippen MR) is 613 cm³/mol. The highest BCUT2D eigenvalue weighted by Gasteiger charge is 2.39. The standard InChI is InChI=1S/C53H39N.C45H33N.C42H27NO/c1-53(2)49-29-17-16-26-43(49)48-35-40(31-33-50(48)53)54(39-22-10-5-11-23-39)52-46-28-15-13-25-42(46)41-24-12-14-27-44(41)51(52)45-32-30-38(36-18-6-3-7-19-36)34-47(45)37-20-8-4-9-21-37;1-45(2)41-23-13-12-20-37(41)40-29-34(26-27-42(40)45)46(33-16-4-3-5-17-33)44-39-22-11-9-19-36(39)35-18-8-10-21-38(35)43(44)32-25-24-30-14-6-7-15-31(30)28-32;1-2-14-31(15-3-1)43(32-24-25-40-38(27-32)35-18-10-11-21-39(35)44-40)42-37-20-9-7-17-34(37)33-16-6-8-19-36(33)41(42)30-23-22-28-12-4-5-13-29(28)26-30/h3-35H,1-2H3;3-29H,1-2H3;1-27H. The fourth-order valence-electron chi connectivity index (χ4n) is 23.5. The molecule has 0 saturated carbocycles. The van der Waals surface area contributed by atoms with E-state index in [-0.39, 0.29) is 10.8 Å². The third-order valence-electron chi connectivity index (χ3n) is 30.3. The van der Waals surface area contributed by atoms with E-state index in [0.717, 1.165) is 61.8 Å². The van der Waals surface area contributed by atoms with Gasteiger partial charge in [0.15, 0.2) is 0 Å². The Labute approximate surface area is 838 Å². The first kappa shape index (κ1) is 86.1. The van der Waals surface area contributed by atoms with Gasteiger partial charge in [-0.2, -0.15) is 0 Å². The molecule has 0 radical (unpaired) electrons. The molecule has 26 aromatic rings. The fourth-order valence-corrected chi connectivity index (χ4v) is 23.5. The number of furan rings is 1. The molecule has 25 aromatic carbocycles. The highest BCUT2D eigenvalue weighted by atomic mass is 16.3. The zero-order valence-corrected chi connectivity index (χ0v) is 80.5. The minimum Gasteiger partial charge on any atom is -0.456 e. The quantitative estimate of drug-likeness (QED) is 0.101. The lowest BCUT2D eigenvalue weighted by atomic mass is 9.82. The molecule has 2 aliphatic carbocycles. The summed E-state index contributed by atoms with van der Waals surface area (Å²) in [6, 6.07) is 192. The van der Waals surface area contributed by atoms with Crippen LogP contribution in [0.2, 0.25) is 0 Å². The first-order valence-electron chi connectivity index (χ1n) is 50.0. The second kappa shape index (κ2) is 35.6. The van der Waals surface area contributed by atoms with Crippen LogP contribution in [0, 0.1) is 0 Å². The van der Waals surface area contributed by atoms with Gasteiger partial charge in [0.1, 0.15) is 11.2 Å². The van der Waals surface area contributed by atoms with Crippen molar-refractivity contribution in [3.8, 4) is 77.9 Å². The maximum Gasteiger partial charge on any atom is 0.135 e. The molecule has 0 aliphatic heterocycles. The molecule has 0 saturated heterocycles. The van der Waals surface area contributed by atoms with Crippen molar-refractivity contribution < 1.29 is 4.42 Å². The van der Waals surface area contributed by atoms with Crippen LogP contribution in [-0.2, 0) is 10.8 Å². The summed E-state index contributed by atoms with van der Waals surface area (Å²) in [6.45, 7) is 9.40. The SMILES string of the molecule is CC1(C)c2ccccc2-c2cc(N(c3ccccc3)c3c(-c4ccc(-c5ccccc5)cc4-c4ccccc4)c4ccccc4c4ccccc34)ccc21.CC1(C)c2ccccc2-c2cc(N(c3ccccc3)c3c(-c4ccc5ccccc5c4)c4ccccc4c4ccccc34)ccc21.c1ccc(N(c2ccc3oc4ccccc4c3c2)c2c(-c3ccc4ccccc4c3)c3ccccc3c3ccccc23)cc1. The molecule has 144 heavy (non-hydrogen) atoms. The van der Waals surface area contributed by atoms with Gasteiger partial charge in [-0.15, -0.1) is 0 Å². The zero-order chi connectivity index (χ0) is 96.1. The van der Waals surface area contributed by atoms with Gasteiger partial charge < -0.3 is 19.1 Å². The summed E-state index contributed by atoms with van der Waals surface area (Å²) in [4.78, 5) is 7.44. The molecular formula is C140H99N3O. The van der Waals surface area contributed by atoms with E-state index in [1.807, 2.05) is 12.1 Å². The van der Waals surface area contributed by atoms with E-state index in [2.05, 4.69) is 558 Å². The van der Waals surface area contributed by atoms with Crippen LogP contribution in [-0.4, -0.2) is 0 Å². The molecule has 0 amide bonds. The van der Waals surface area contributed by atoms with E-state index >= 15 is 0 Å². The van der Waals surface area contributed by atoms with Gasteiger partial charge in [0.05, 0.1) is 17.1 Å². The Morgan fingerprint density at radius 1 is 0.153 bits per heavy atom. The van der Waals surface area contributed by atoms with Gasteiger partial charge in [-0.1, -0.05) is 452 Å². The lowest BCUT2D eigenvalue weighted by molar-refractivity contribution is 0.660. The summed E-state index contributed by atoms with van der Waals surface area (Å²) in [5.74, 6) is 0. The summed E-state index contributed by atoms with van der Waals surface area (Å²) < 4.78 is 6.24. The molecule has 0 fully saturated rings. The van der Waals surface area contributed by atoms with Gasteiger partial charge in [0.25, 0.3) is 0 Å². The second-order valence-corrected chi connectivity index (χ2v) is 39.2. The largest absolute Gasteiger partial charge is 0.456 e. The monoisotopic (exact) mass is 1840 g/mol. The van der Waals surface area contributed by atoms with Crippen molar-refractivity contribution in [2.24, 2.45) is 0 Å². The highest BCUT2D eigenvalue weighted by Crippen LogP contribution is 2.59. The Kier molecular flexibility index (Phi) is 21.3. The van der Waals surface area contributed by atoms with Crippen molar-refractivity contribution in [1.29, 1.82) is 0 Å². The molecule has 28 rings (SSSR count). The number of fused-ring (bicyclic) bond motifs is 20. The van der Waals surface area contributed by atoms with Gasteiger partial charge in [-0.25, -0.2) is 0 Å². The third kappa shape index (κ3) is 14.7. The maximum atomic E-state index is 6.24. The minimum absolute atomic E-state index is 0.0477. The van der Waals surface area contributed by atoms with Gasteiger partial charge in [0.2, 0.25) is 0 Å². The summed E-state index contributed by atoms with van der Waals surface area (Å²) in [5, 5.41) is 22.0. The second-order valence-electron chi connectivity index (χ2n) is 39.2. The maximum absolute atomic E-state index is 6.24. The van der Waals surface area contributed by atoms with Crippen molar-refractivity contribution in [3.63, 3.8) is 0 Å². The number of benzene rings is 25. The Morgan fingerprint density at radius 3 is 0.896 bits per heavy atom. The summed E-state index contributed by atoms with van der Waals surface area (Å²) in [6.07, 6.45) is 0. The molecular weight excluding hydrogens is 1740 g/mol. The summed E-state index contributed by atoms with van der Waals surface area (Å²) in [7, 11) is 0. The highest BCUT2D eigenvalue weighted by molar-refractivity contribution is 6.27. The lowest BCUT2D eigenvalue weighted by Gasteiger charge is -2.32. The summed E-state index contributed by atoms with van der Waals surface area (Å²) >= 11 is 0. The van der Waals surface area contributed by atoms with Crippen LogP contribution in [0.4, 0.5) is 51.2 Å². The van der Waals surface area contributed by atoms with E-state index in [1.165, 1.54) is 198 Å². The van der Waals surface area contributed by atoms with Crippen LogP contribution in [0.1, 0.15) is 49.9 Å². The van der Waals surface area contributed by atoms with E-state index in [1.54, 1.807) is 0 Å². The molecule has 0 bridgehead atoms. The number of hydrogen-bond acceptors (Lipinski definition) is 4. The smallest absolute Gasteiger partial charge is 0.135 e. The Morgan fingerprint density at radius 2 is 0.458 bits per heavy atom. The van der Waals surface area contributed by atoms with Crippen LogP contribution in [0.15, 0.2) is 532 Å². The molecule has 0 atom stereocenters. The van der Waals surface area contributed by atoms with E-state index < -0.39 is 0 Å². The first-order chi connectivity index (χ1) is 71.0. The van der Waals surface area contributed by atoms with E-state index in [0.29, 0.717) is 0 Å². The first-order valence-corrected chi connectivity index (χ1v) is 50.0.